The van der Waals surface area contributed by atoms with Crippen molar-refractivity contribution in [2.75, 3.05) is 13.1 Å². The van der Waals surface area contributed by atoms with Crippen LogP contribution in [-0.2, 0) is 6.42 Å². The number of pyridine rings is 1. The van der Waals surface area contributed by atoms with Crippen LogP contribution < -0.4 is 10.5 Å². The van der Waals surface area contributed by atoms with E-state index in [-0.39, 0.29) is 18.2 Å². The summed E-state index contributed by atoms with van der Waals surface area (Å²) in [6.07, 6.45) is 4.71. The summed E-state index contributed by atoms with van der Waals surface area (Å²) in [7, 11) is 0. The Morgan fingerprint density at radius 1 is 1.35 bits per heavy atom. The van der Waals surface area contributed by atoms with E-state index in [2.05, 4.69) is 22.0 Å². The van der Waals surface area contributed by atoms with Gasteiger partial charge in [0.1, 0.15) is 11.9 Å². The molecule has 4 rings (SSSR count). The monoisotopic (exact) mass is 368 g/mol. The molecular formula is C20H21ClN4O. The van der Waals surface area contributed by atoms with Gasteiger partial charge in [-0.25, -0.2) is 0 Å². The average molecular weight is 369 g/mol. The Morgan fingerprint density at radius 2 is 2.23 bits per heavy atom. The van der Waals surface area contributed by atoms with Gasteiger partial charge < -0.3 is 10.5 Å². The van der Waals surface area contributed by atoms with Crippen LogP contribution in [0, 0.1) is 11.3 Å². The van der Waals surface area contributed by atoms with E-state index < -0.39 is 0 Å². The number of hydrogen-bond donors (Lipinski definition) is 1. The van der Waals surface area contributed by atoms with Crippen LogP contribution in [0.3, 0.4) is 0 Å². The van der Waals surface area contributed by atoms with Gasteiger partial charge in [-0.15, -0.1) is 0 Å². The molecule has 26 heavy (non-hydrogen) atoms. The number of rotatable bonds is 3. The molecule has 1 fully saturated rings. The standard InChI is InChI=1S/C20H21ClN4O/c21-16-9-13(11-22)5-6-19(16)26-20-15-4-1-7-24-17(15)10-18(20)25-8-2-3-14(23)12-25/h1,4-7,9,14,18,20H,2-3,8,10,12,23H2/t14-,18-,20-/m1/s1. The van der Waals surface area contributed by atoms with Crippen LogP contribution in [0.5, 0.6) is 5.75 Å². The molecule has 2 N–H and O–H groups in total. The van der Waals surface area contributed by atoms with E-state index in [0.717, 1.165) is 43.6 Å². The van der Waals surface area contributed by atoms with Gasteiger partial charge in [0, 0.05) is 36.5 Å². The Morgan fingerprint density at radius 3 is 3.00 bits per heavy atom. The molecular weight excluding hydrogens is 348 g/mol. The number of nitrogens with zero attached hydrogens (tertiary/aromatic N) is 3. The molecule has 1 saturated heterocycles. The fourth-order valence-corrected chi connectivity index (χ4v) is 4.22. The third kappa shape index (κ3) is 3.28. The number of piperidine rings is 1. The van der Waals surface area contributed by atoms with Crippen molar-refractivity contribution in [3.05, 3.63) is 58.4 Å². The van der Waals surface area contributed by atoms with Crippen molar-refractivity contribution < 1.29 is 4.74 Å². The van der Waals surface area contributed by atoms with E-state index in [1.54, 1.807) is 18.2 Å². The zero-order valence-corrected chi connectivity index (χ0v) is 15.2. The summed E-state index contributed by atoms with van der Waals surface area (Å²) in [5, 5.41) is 9.48. The zero-order valence-electron chi connectivity index (χ0n) is 14.4. The highest BCUT2D eigenvalue weighted by Crippen LogP contribution is 2.39. The summed E-state index contributed by atoms with van der Waals surface area (Å²) in [5.74, 6) is 0.596. The summed E-state index contributed by atoms with van der Waals surface area (Å²) < 4.78 is 6.37. The molecule has 0 saturated carbocycles. The van der Waals surface area contributed by atoms with E-state index in [9.17, 15) is 0 Å². The summed E-state index contributed by atoms with van der Waals surface area (Å²) in [6.45, 7) is 1.90. The first kappa shape index (κ1) is 17.3. The maximum Gasteiger partial charge on any atom is 0.141 e. The second-order valence-electron chi connectivity index (χ2n) is 7.00. The van der Waals surface area contributed by atoms with Crippen molar-refractivity contribution in [1.82, 2.24) is 9.88 Å². The molecule has 0 spiro atoms. The van der Waals surface area contributed by atoms with E-state index >= 15 is 0 Å². The number of fused-ring (bicyclic) bond motifs is 1. The number of halogens is 1. The smallest absolute Gasteiger partial charge is 0.141 e. The summed E-state index contributed by atoms with van der Waals surface area (Å²) >= 11 is 6.35. The zero-order chi connectivity index (χ0) is 18.1. The minimum absolute atomic E-state index is 0.144. The minimum Gasteiger partial charge on any atom is -0.482 e. The summed E-state index contributed by atoms with van der Waals surface area (Å²) in [6, 6.07) is 11.7. The second-order valence-corrected chi connectivity index (χ2v) is 7.41. The highest BCUT2D eigenvalue weighted by Gasteiger charge is 2.40. The van der Waals surface area contributed by atoms with E-state index in [0.29, 0.717) is 16.3 Å². The van der Waals surface area contributed by atoms with Crippen LogP contribution >= 0.6 is 11.6 Å². The van der Waals surface area contributed by atoms with Crippen molar-refractivity contribution in [1.29, 1.82) is 5.26 Å². The number of ether oxygens (including phenoxy) is 1. The quantitative estimate of drug-likeness (QED) is 0.901. The number of likely N-dealkylation sites (tertiary alicyclic amines) is 1. The molecule has 2 heterocycles. The Labute approximate surface area is 158 Å². The van der Waals surface area contributed by atoms with Crippen LogP contribution in [-0.4, -0.2) is 35.1 Å². The molecule has 2 aliphatic rings. The molecule has 1 aliphatic heterocycles. The first-order chi connectivity index (χ1) is 12.7. The first-order valence-corrected chi connectivity index (χ1v) is 9.33. The van der Waals surface area contributed by atoms with Crippen molar-refractivity contribution in [2.45, 2.75) is 37.5 Å². The number of nitriles is 1. The maximum absolute atomic E-state index is 9.03. The van der Waals surface area contributed by atoms with Crippen molar-refractivity contribution in [2.24, 2.45) is 5.73 Å². The van der Waals surface area contributed by atoms with Gasteiger partial charge in [0.15, 0.2) is 0 Å². The molecule has 1 aromatic heterocycles. The fourth-order valence-electron chi connectivity index (χ4n) is 4.00. The number of aromatic nitrogens is 1. The van der Waals surface area contributed by atoms with Gasteiger partial charge in [0.05, 0.1) is 22.7 Å². The third-order valence-corrected chi connectivity index (χ3v) is 5.55. The van der Waals surface area contributed by atoms with Crippen molar-refractivity contribution in [3.63, 3.8) is 0 Å². The van der Waals surface area contributed by atoms with E-state index in [4.69, 9.17) is 27.3 Å². The van der Waals surface area contributed by atoms with Gasteiger partial charge in [0.2, 0.25) is 0 Å². The number of hydrogen-bond acceptors (Lipinski definition) is 5. The topological polar surface area (TPSA) is 75.2 Å². The molecule has 0 bridgehead atoms. The highest BCUT2D eigenvalue weighted by molar-refractivity contribution is 6.32. The third-order valence-electron chi connectivity index (χ3n) is 5.26. The molecule has 0 radical (unpaired) electrons. The van der Waals surface area contributed by atoms with Crippen LogP contribution in [0.25, 0.3) is 0 Å². The lowest BCUT2D eigenvalue weighted by Gasteiger charge is -2.38. The first-order valence-electron chi connectivity index (χ1n) is 8.95. The van der Waals surface area contributed by atoms with E-state index in [1.165, 1.54) is 0 Å². The molecule has 3 atom stereocenters. The van der Waals surface area contributed by atoms with Gasteiger partial charge in [-0.05, 0) is 43.7 Å². The lowest BCUT2D eigenvalue weighted by molar-refractivity contribution is 0.0593. The molecule has 1 aromatic carbocycles. The van der Waals surface area contributed by atoms with Crippen LogP contribution in [0.1, 0.15) is 35.8 Å². The summed E-state index contributed by atoms with van der Waals surface area (Å²) in [4.78, 5) is 6.98. The van der Waals surface area contributed by atoms with Gasteiger partial charge in [-0.1, -0.05) is 17.7 Å². The Bertz CT molecular complexity index is 850. The summed E-state index contributed by atoms with van der Waals surface area (Å²) in [5.41, 5.74) is 8.91. The second kappa shape index (κ2) is 7.24. The lowest BCUT2D eigenvalue weighted by atomic mass is 10.0. The van der Waals surface area contributed by atoms with Gasteiger partial charge in [-0.2, -0.15) is 5.26 Å². The van der Waals surface area contributed by atoms with Crippen LogP contribution in [0.15, 0.2) is 36.5 Å². The number of nitrogens with two attached hydrogens (primary N) is 1. The SMILES string of the molecule is N#Cc1ccc(O[C@@H]2c3cccnc3C[C@H]2N2CCC[C@@H](N)C2)c(Cl)c1. The highest BCUT2D eigenvalue weighted by atomic mass is 35.5. The van der Waals surface area contributed by atoms with Gasteiger partial charge >= 0.3 is 0 Å². The maximum atomic E-state index is 9.03. The molecule has 0 amide bonds. The van der Waals surface area contributed by atoms with Crippen LogP contribution in [0.2, 0.25) is 5.02 Å². The number of benzene rings is 1. The molecule has 1 aliphatic carbocycles. The largest absolute Gasteiger partial charge is 0.482 e. The van der Waals surface area contributed by atoms with Gasteiger partial charge in [-0.3, -0.25) is 9.88 Å². The van der Waals surface area contributed by atoms with Crippen molar-refractivity contribution >= 4 is 11.6 Å². The predicted molar refractivity (Wildman–Crippen MR) is 100 cm³/mol. The fraction of sp³-hybridized carbons (Fsp3) is 0.400. The molecule has 6 heteroatoms. The molecule has 2 aromatic rings. The molecule has 134 valence electrons. The lowest BCUT2D eigenvalue weighted by Crippen LogP contribution is -2.49. The molecule has 0 unspecified atom stereocenters. The Hall–Kier alpha value is -2.13. The van der Waals surface area contributed by atoms with Gasteiger partial charge in [0.25, 0.3) is 0 Å². The predicted octanol–water partition coefficient (Wildman–Crippen LogP) is 3.07. The average Bonchev–Trinajstić information content (AvgIpc) is 3.02. The van der Waals surface area contributed by atoms with Crippen LogP contribution in [0.4, 0.5) is 0 Å². The Kier molecular flexibility index (Phi) is 4.82. The van der Waals surface area contributed by atoms with E-state index in [1.807, 2.05) is 12.3 Å². The molecule has 5 nitrogen and oxygen atoms in total. The normalized spacial score (nSPS) is 25.5. The minimum atomic E-state index is -0.144. The Balaban J connectivity index is 1.64. The van der Waals surface area contributed by atoms with Crippen molar-refractivity contribution in [3.8, 4) is 11.8 Å².